The first-order chi connectivity index (χ1) is 9.81. The lowest BCUT2D eigenvalue weighted by Gasteiger charge is -2.36. The van der Waals surface area contributed by atoms with Crippen LogP contribution in [0.4, 0.5) is 0 Å². The van der Waals surface area contributed by atoms with Gasteiger partial charge in [0.2, 0.25) is 0 Å². The molecule has 2 aliphatic heterocycles. The molecule has 3 aliphatic rings. The van der Waals surface area contributed by atoms with E-state index in [9.17, 15) is 4.79 Å². The Morgan fingerprint density at radius 2 is 2.25 bits per heavy atom. The van der Waals surface area contributed by atoms with Gasteiger partial charge in [0.25, 0.3) is 5.91 Å². The Bertz CT molecular complexity index is 483. The summed E-state index contributed by atoms with van der Waals surface area (Å²) in [5.41, 5.74) is 0. The molecule has 0 spiro atoms. The van der Waals surface area contributed by atoms with E-state index in [-0.39, 0.29) is 12.0 Å². The molecule has 0 radical (unpaired) electrons. The molecule has 5 nitrogen and oxygen atoms in total. The average Bonchev–Trinajstić information content (AvgIpc) is 2.97. The van der Waals surface area contributed by atoms with E-state index in [2.05, 4.69) is 4.90 Å². The number of carbonyl (C=O) groups is 1. The molecule has 1 aliphatic carbocycles. The molecule has 0 bridgehead atoms. The van der Waals surface area contributed by atoms with Gasteiger partial charge in [-0.05, 0) is 30.9 Å². The Hall–Kier alpha value is -1.33. The van der Waals surface area contributed by atoms with Crippen molar-refractivity contribution in [2.75, 3.05) is 32.8 Å². The normalized spacial score (nSPS) is 30.5. The Labute approximate surface area is 118 Å². The number of rotatable bonds is 3. The summed E-state index contributed by atoms with van der Waals surface area (Å²) < 4.78 is 11.1. The van der Waals surface area contributed by atoms with Gasteiger partial charge in [0.1, 0.15) is 0 Å². The molecule has 2 saturated heterocycles. The Balaban J connectivity index is 1.45. The van der Waals surface area contributed by atoms with Gasteiger partial charge in [-0.2, -0.15) is 0 Å². The molecular formula is C15H20N2O3. The van der Waals surface area contributed by atoms with E-state index in [1.54, 1.807) is 18.4 Å². The number of amides is 1. The van der Waals surface area contributed by atoms with E-state index < -0.39 is 0 Å². The minimum absolute atomic E-state index is 0.0145. The maximum absolute atomic E-state index is 12.4. The van der Waals surface area contributed by atoms with Gasteiger partial charge in [-0.1, -0.05) is 0 Å². The number of hydrogen-bond donors (Lipinski definition) is 0. The van der Waals surface area contributed by atoms with Gasteiger partial charge in [-0.3, -0.25) is 9.69 Å². The summed E-state index contributed by atoms with van der Waals surface area (Å²) in [6.45, 7) is 4.41. The maximum Gasteiger partial charge on any atom is 0.289 e. The lowest BCUT2D eigenvalue weighted by molar-refractivity contribution is -0.0484. The zero-order chi connectivity index (χ0) is 13.5. The Morgan fingerprint density at radius 1 is 1.35 bits per heavy atom. The fraction of sp³-hybridized carbons (Fsp3) is 0.667. The van der Waals surface area contributed by atoms with Crippen LogP contribution in [0.5, 0.6) is 0 Å². The highest BCUT2D eigenvalue weighted by atomic mass is 16.5. The summed E-state index contributed by atoms with van der Waals surface area (Å²) >= 11 is 0. The van der Waals surface area contributed by atoms with Crippen LogP contribution in [-0.4, -0.2) is 60.6 Å². The van der Waals surface area contributed by atoms with E-state index in [0.29, 0.717) is 18.3 Å². The van der Waals surface area contributed by atoms with Gasteiger partial charge in [0, 0.05) is 26.2 Å². The molecule has 2 atom stereocenters. The highest BCUT2D eigenvalue weighted by molar-refractivity contribution is 5.91. The van der Waals surface area contributed by atoms with Crippen molar-refractivity contribution < 1.29 is 13.9 Å². The van der Waals surface area contributed by atoms with Crippen molar-refractivity contribution in [2.45, 2.75) is 25.0 Å². The molecule has 4 rings (SSSR count). The van der Waals surface area contributed by atoms with Crippen LogP contribution in [0, 0.1) is 5.92 Å². The summed E-state index contributed by atoms with van der Waals surface area (Å²) in [6, 6.07) is 3.85. The van der Waals surface area contributed by atoms with Gasteiger partial charge < -0.3 is 14.1 Å². The van der Waals surface area contributed by atoms with Crippen LogP contribution >= 0.6 is 0 Å². The zero-order valence-electron chi connectivity index (χ0n) is 11.5. The number of carbonyl (C=O) groups excluding carboxylic acids is 1. The second kappa shape index (κ2) is 4.90. The highest BCUT2D eigenvalue weighted by Crippen LogP contribution is 2.33. The summed E-state index contributed by atoms with van der Waals surface area (Å²) in [5, 5.41) is 0. The van der Waals surface area contributed by atoms with Crippen LogP contribution in [-0.2, 0) is 4.74 Å². The Morgan fingerprint density at radius 3 is 3.00 bits per heavy atom. The van der Waals surface area contributed by atoms with Gasteiger partial charge >= 0.3 is 0 Å². The minimum Gasteiger partial charge on any atom is -0.459 e. The largest absolute Gasteiger partial charge is 0.459 e. The first-order valence-corrected chi connectivity index (χ1v) is 7.49. The fourth-order valence-electron chi connectivity index (χ4n) is 3.34. The lowest BCUT2D eigenvalue weighted by Crippen LogP contribution is -2.51. The predicted molar refractivity (Wildman–Crippen MR) is 72.4 cm³/mol. The quantitative estimate of drug-likeness (QED) is 0.832. The van der Waals surface area contributed by atoms with Gasteiger partial charge in [0.05, 0.1) is 25.0 Å². The van der Waals surface area contributed by atoms with Crippen molar-refractivity contribution in [1.82, 2.24) is 9.80 Å². The van der Waals surface area contributed by atoms with Crippen molar-refractivity contribution in [3.8, 4) is 0 Å². The second-order valence-corrected chi connectivity index (χ2v) is 6.10. The molecule has 1 amide bonds. The summed E-state index contributed by atoms with van der Waals surface area (Å²) in [7, 11) is 0. The van der Waals surface area contributed by atoms with Crippen LogP contribution < -0.4 is 0 Å². The molecule has 0 unspecified atom stereocenters. The number of ether oxygens (including phenoxy) is 1. The summed E-state index contributed by atoms with van der Waals surface area (Å²) in [4.78, 5) is 16.8. The van der Waals surface area contributed by atoms with Crippen molar-refractivity contribution >= 4 is 5.91 Å². The summed E-state index contributed by atoms with van der Waals surface area (Å²) in [6.07, 6.45) is 4.45. The molecule has 108 valence electrons. The van der Waals surface area contributed by atoms with Gasteiger partial charge in [-0.15, -0.1) is 0 Å². The van der Waals surface area contributed by atoms with Crippen LogP contribution in [0.3, 0.4) is 0 Å². The van der Waals surface area contributed by atoms with Crippen LogP contribution in [0.25, 0.3) is 0 Å². The molecule has 1 aromatic heterocycles. The van der Waals surface area contributed by atoms with Crippen LogP contribution in [0.15, 0.2) is 22.8 Å². The van der Waals surface area contributed by atoms with Crippen molar-refractivity contribution in [1.29, 1.82) is 0 Å². The zero-order valence-corrected chi connectivity index (χ0v) is 11.5. The molecule has 1 saturated carbocycles. The van der Waals surface area contributed by atoms with Gasteiger partial charge in [0.15, 0.2) is 5.76 Å². The SMILES string of the molecule is O=C(c1ccco1)N1C[C@@H]2OCCN(CC3CC3)[C@@H]2C1. The summed E-state index contributed by atoms with van der Waals surface area (Å²) in [5.74, 6) is 1.29. The van der Waals surface area contributed by atoms with E-state index in [4.69, 9.17) is 9.15 Å². The number of likely N-dealkylation sites (tertiary alicyclic amines) is 1. The topological polar surface area (TPSA) is 45.9 Å². The van der Waals surface area contributed by atoms with Gasteiger partial charge in [-0.25, -0.2) is 0 Å². The third kappa shape index (κ3) is 2.25. The van der Waals surface area contributed by atoms with Crippen LogP contribution in [0.1, 0.15) is 23.4 Å². The maximum atomic E-state index is 12.4. The van der Waals surface area contributed by atoms with Crippen LogP contribution in [0.2, 0.25) is 0 Å². The van der Waals surface area contributed by atoms with Crippen molar-refractivity contribution in [2.24, 2.45) is 5.92 Å². The molecule has 1 aromatic rings. The standard InChI is InChI=1S/C15H20N2O3/c18-15(13-2-1-6-19-13)17-9-12-14(10-17)20-7-5-16(12)8-11-3-4-11/h1-2,6,11-12,14H,3-5,7-10H2/t12-,14+/m1/s1. The number of fused-ring (bicyclic) bond motifs is 1. The number of furan rings is 1. The number of morpholine rings is 1. The molecule has 3 fully saturated rings. The Kier molecular flexibility index (Phi) is 3.04. The molecule has 20 heavy (non-hydrogen) atoms. The second-order valence-electron chi connectivity index (χ2n) is 6.10. The molecule has 0 N–H and O–H groups in total. The van der Waals surface area contributed by atoms with Crippen molar-refractivity contribution in [3.63, 3.8) is 0 Å². The third-order valence-electron chi connectivity index (χ3n) is 4.63. The van der Waals surface area contributed by atoms with E-state index in [0.717, 1.165) is 25.6 Å². The average molecular weight is 276 g/mol. The molecule has 3 heterocycles. The molecular weight excluding hydrogens is 256 g/mol. The molecule has 5 heteroatoms. The highest BCUT2D eigenvalue weighted by Gasteiger charge is 2.43. The third-order valence-corrected chi connectivity index (χ3v) is 4.63. The van der Waals surface area contributed by atoms with E-state index in [1.807, 2.05) is 4.90 Å². The fourth-order valence-corrected chi connectivity index (χ4v) is 3.34. The monoisotopic (exact) mass is 276 g/mol. The number of nitrogens with zero attached hydrogens (tertiary/aromatic N) is 2. The van der Waals surface area contributed by atoms with Crippen molar-refractivity contribution in [3.05, 3.63) is 24.2 Å². The van der Waals surface area contributed by atoms with E-state index >= 15 is 0 Å². The smallest absolute Gasteiger partial charge is 0.289 e. The minimum atomic E-state index is -0.0145. The first-order valence-electron chi connectivity index (χ1n) is 7.49. The first kappa shape index (κ1) is 12.4. The molecule has 0 aromatic carbocycles. The lowest BCUT2D eigenvalue weighted by atomic mass is 10.1. The predicted octanol–water partition coefficient (Wildman–Crippen LogP) is 1.21. The van der Waals surface area contributed by atoms with E-state index in [1.165, 1.54) is 19.4 Å². The number of hydrogen-bond acceptors (Lipinski definition) is 4.